The van der Waals surface area contributed by atoms with E-state index in [-0.39, 0.29) is 21.1 Å². The number of ether oxygens (including phenoxy) is 1. The van der Waals surface area contributed by atoms with Crippen LogP contribution in [-0.2, 0) is 21.1 Å². The van der Waals surface area contributed by atoms with Crippen molar-refractivity contribution in [2.75, 3.05) is 0 Å². The standard InChI is InChI=1S/C31H19N5O.Pt/c1-2-11-29-27(10-1)28-14-13-26(18-30(28)36(29)31-12-3-4-16-33-31)37-25-9-5-8-24(17-25)35-21-23(20-34-35)22-7-6-15-32-19-22;/h1-16,19-21H;/q-2;+2. The Morgan fingerprint density at radius 3 is 2.45 bits per heavy atom. The Labute approximate surface area is 233 Å². The summed E-state index contributed by atoms with van der Waals surface area (Å²) in [6.07, 6.45) is 9.14. The van der Waals surface area contributed by atoms with Crippen LogP contribution >= 0.6 is 0 Å². The van der Waals surface area contributed by atoms with E-state index in [0.717, 1.165) is 44.4 Å². The maximum atomic E-state index is 6.23. The molecule has 0 radical (unpaired) electrons. The van der Waals surface area contributed by atoms with Crippen LogP contribution in [0.4, 0.5) is 0 Å². The van der Waals surface area contributed by atoms with E-state index in [1.807, 2.05) is 85.3 Å². The van der Waals surface area contributed by atoms with Crippen LogP contribution in [0.1, 0.15) is 0 Å². The molecule has 7 aromatic rings. The number of benzene rings is 3. The Bertz CT molecular complexity index is 1860. The van der Waals surface area contributed by atoms with E-state index in [1.54, 1.807) is 17.1 Å². The third-order valence-corrected chi connectivity index (χ3v) is 6.23. The Hall–Kier alpha value is -4.54. The van der Waals surface area contributed by atoms with E-state index in [9.17, 15) is 0 Å². The second-order valence-corrected chi connectivity index (χ2v) is 8.54. The number of rotatable bonds is 5. The molecule has 184 valence electrons. The van der Waals surface area contributed by atoms with Crippen molar-refractivity contribution in [2.24, 2.45) is 0 Å². The second-order valence-electron chi connectivity index (χ2n) is 8.54. The SMILES string of the molecule is [Pt+2].[c-]1c(Oc2[c-]c3c(cc2)c2ccccc2n3-c2ccccn2)cccc1-n1cc(-c2cccnc2)cn1. The van der Waals surface area contributed by atoms with E-state index < -0.39 is 0 Å². The van der Waals surface area contributed by atoms with Gasteiger partial charge in [-0.25, -0.2) is 4.98 Å². The fourth-order valence-corrected chi connectivity index (χ4v) is 4.54. The van der Waals surface area contributed by atoms with Crippen LogP contribution in [0, 0.1) is 12.1 Å². The van der Waals surface area contributed by atoms with Crippen LogP contribution in [0.2, 0.25) is 0 Å². The number of hydrogen-bond donors (Lipinski definition) is 0. The predicted molar refractivity (Wildman–Crippen MR) is 143 cm³/mol. The second kappa shape index (κ2) is 10.1. The first-order valence-corrected chi connectivity index (χ1v) is 11.9. The first-order valence-electron chi connectivity index (χ1n) is 11.9. The molecule has 0 amide bonds. The molecule has 0 spiro atoms. The zero-order valence-corrected chi connectivity index (χ0v) is 22.2. The van der Waals surface area contributed by atoms with Gasteiger partial charge in [0.15, 0.2) is 0 Å². The van der Waals surface area contributed by atoms with Crippen molar-refractivity contribution in [2.45, 2.75) is 0 Å². The molecule has 0 aliphatic rings. The van der Waals surface area contributed by atoms with E-state index in [4.69, 9.17) is 4.74 Å². The van der Waals surface area contributed by atoms with Crippen molar-refractivity contribution < 1.29 is 25.8 Å². The summed E-state index contributed by atoms with van der Waals surface area (Å²) in [6.45, 7) is 0. The molecular formula is C31H19N5OPt. The molecule has 0 fully saturated rings. The number of hydrogen-bond acceptors (Lipinski definition) is 4. The molecule has 6 nitrogen and oxygen atoms in total. The normalized spacial score (nSPS) is 10.9. The molecule has 38 heavy (non-hydrogen) atoms. The Morgan fingerprint density at radius 2 is 1.58 bits per heavy atom. The van der Waals surface area contributed by atoms with Crippen LogP contribution in [0.25, 0.3) is 44.4 Å². The van der Waals surface area contributed by atoms with Crippen molar-refractivity contribution in [1.29, 1.82) is 0 Å². The minimum absolute atomic E-state index is 0. The smallest absolute Gasteiger partial charge is 0.509 e. The van der Waals surface area contributed by atoms with Gasteiger partial charge in [0, 0.05) is 52.9 Å². The molecule has 7 rings (SSSR count). The Kier molecular flexibility index (Phi) is 6.32. The molecule has 0 aliphatic heterocycles. The van der Waals surface area contributed by atoms with Gasteiger partial charge in [0.05, 0.1) is 6.20 Å². The summed E-state index contributed by atoms with van der Waals surface area (Å²) in [5, 5.41) is 6.74. The Balaban J connectivity index is 0.00000264. The molecule has 4 heterocycles. The number of nitrogens with zero attached hydrogens (tertiary/aromatic N) is 5. The molecule has 0 aliphatic carbocycles. The summed E-state index contributed by atoms with van der Waals surface area (Å²) in [4.78, 5) is 8.78. The van der Waals surface area contributed by atoms with Crippen molar-refractivity contribution in [3.63, 3.8) is 0 Å². The van der Waals surface area contributed by atoms with Gasteiger partial charge in [0.2, 0.25) is 0 Å². The number of pyridine rings is 2. The molecule has 0 bridgehead atoms. The molecular weight excluding hydrogens is 653 g/mol. The van der Waals surface area contributed by atoms with E-state index in [2.05, 4.69) is 50.0 Å². The van der Waals surface area contributed by atoms with Crippen LogP contribution in [0.15, 0.2) is 116 Å². The predicted octanol–water partition coefficient (Wildman–Crippen LogP) is 6.82. The molecule has 0 unspecified atom stereocenters. The number of fused-ring (bicyclic) bond motifs is 3. The van der Waals surface area contributed by atoms with Crippen molar-refractivity contribution in [3.8, 4) is 34.1 Å². The van der Waals surface area contributed by atoms with Gasteiger partial charge >= 0.3 is 21.1 Å². The van der Waals surface area contributed by atoms with Gasteiger partial charge in [-0.1, -0.05) is 35.8 Å². The fraction of sp³-hybridized carbons (Fsp3) is 0. The fourth-order valence-electron chi connectivity index (χ4n) is 4.54. The topological polar surface area (TPSA) is 57.8 Å². The third-order valence-electron chi connectivity index (χ3n) is 6.23. The van der Waals surface area contributed by atoms with Crippen LogP contribution < -0.4 is 4.74 Å². The molecule has 7 heteroatoms. The van der Waals surface area contributed by atoms with Crippen LogP contribution in [0.3, 0.4) is 0 Å². The zero-order valence-electron chi connectivity index (χ0n) is 19.9. The number of para-hydroxylation sites is 1. The first-order chi connectivity index (χ1) is 18.3. The molecule has 3 aromatic carbocycles. The van der Waals surface area contributed by atoms with E-state index in [0.29, 0.717) is 11.5 Å². The van der Waals surface area contributed by atoms with E-state index >= 15 is 0 Å². The third kappa shape index (κ3) is 4.29. The van der Waals surface area contributed by atoms with Gasteiger partial charge in [0.25, 0.3) is 0 Å². The minimum Gasteiger partial charge on any atom is -0.509 e. The quantitative estimate of drug-likeness (QED) is 0.189. The summed E-state index contributed by atoms with van der Waals surface area (Å²) >= 11 is 0. The maximum Gasteiger partial charge on any atom is 2.00 e. The van der Waals surface area contributed by atoms with Gasteiger partial charge in [-0.2, -0.15) is 17.2 Å². The largest absolute Gasteiger partial charge is 2.00 e. The monoisotopic (exact) mass is 672 g/mol. The van der Waals surface area contributed by atoms with Gasteiger partial charge in [-0.15, -0.1) is 35.7 Å². The summed E-state index contributed by atoms with van der Waals surface area (Å²) < 4.78 is 10.1. The van der Waals surface area contributed by atoms with Crippen LogP contribution in [-0.4, -0.2) is 24.3 Å². The number of aromatic nitrogens is 5. The molecule has 0 N–H and O–H groups in total. The Morgan fingerprint density at radius 1 is 0.684 bits per heavy atom. The summed E-state index contributed by atoms with van der Waals surface area (Å²) in [6, 6.07) is 34.6. The van der Waals surface area contributed by atoms with Gasteiger partial charge < -0.3 is 9.30 Å². The van der Waals surface area contributed by atoms with Crippen molar-refractivity contribution in [3.05, 3.63) is 128 Å². The van der Waals surface area contributed by atoms with Gasteiger partial charge in [-0.05, 0) is 35.3 Å². The van der Waals surface area contributed by atoms with Gasteiger partial charge in [-0.3, -0.25) is 9.67 Å². The summed E-state index contributed by atoms with van der Waals surface area (Å²) in [7, 11) is 0. The zero-order chi connectivity index (χ0) is 24.6. The molecule has 0 saturated heterocycles. The first kappa shape index (κ1) is 23.8. The molecule has 0 atom stereocenters. The average molecular weight is 673 g/mol. The van der Waals surface area contributed by atoms with Crippen molar-refractivity contribution >= 4 is 21.8 Å². The molecule has 4 aromatic heterocycles. The maximum absolute atomic E-state index is 6.23. The van der Waals surface area contributed by atoms with Gasteiger partial charge in [0.1, 0.15) is 5.82 Å². The summed E-state index contributed by atoms with van der Waals surface area (Å²) in [5.74, 6) is 2.00. The minimum atomic E-state index is 0. The average Bonchev–Trinajstić information content (AvgIpc) is 3.58. The van der Waals surface area contributed by atoms with Crippen molar-refractivity contribution in [1.82, 2.24) is 24.3 Å². The summed E-state index contributed by atoms with van der Waals surface area (Å²) in [5.41, 5.74) is 4.74. The van der Waals surface area contributed by atoms with Crippen LogP contribution in [0.5, 0.6) is 11.5 Å². The molecule has 0 saturated carbocycles. The van der Waals surface area contributed by atoms with E-state index in [1.165, 1.54) is 0 Å².